The van der Waals surface area contributed by atoms with E-state index < -0.39 is 5.91 Å². The van der Waals surface area contributed by atoms with Crippen LogP contribution in [0.4, 0.5) is 6.01 Å². The van der Waals surface area contributed by atoms with Gasteiger partial charge in [-0.1, -0.05) is 11.2 Å². The maximum atomic E-state index is 11.8. The zero-order valence-corrected chi connectivity index (χ0v) is 11.1. The lowest BCUT2D eigenvalue weighted by Gasteiger charge is -2.00. The van der Waals surface area contributed by atoms with Gasteiger partial charge in [0.2, 0.25) is 5.89 Å². The number of aromatic nitrogens is 2. The van der Waals surface area contributed by atoms with Gasteiger partial charge >= 0.3 is 6.01 Å². The van der Waals surface area contributed by atoms with Crippen molar-refractivity contribution in [1.82, 2.24) is 10.2 Å². The SMILES string of the molecule is COc1cccc(-c2nnc(NC(=O)c3ccco3)o2)c1. The van der Waals surface area contributed by atoms with Gasteiger partial charge in [0.25, 0.3) is 5.91 Å². The lowest BCUT2D eigenvalue weighted by Crippen LogP contribution is -2.10. The van der Waals surface area contributed by atoms with Gasteiger partial charge in [0, 0.05) is 5.56 Å². The molecule has 0 bridgehead atoms. The summed E-state index contributed by atoms with van der Waals surface area (Å²) in [4.78, 5) is 11.8. The van der Waals surface area contributed by atoms with E-state index >= 15 is 0 Å². The van der Waals surface area contributed by atoms with Crippen molar-refractivity contribution in [1.29, 1.82) is 0 Å². The number of carbonyl (C=O) groups is 1. The molecule has 2 heterocycles. The summed E-state index contributed by atoms with van der Waals surface area (Å²) in [5.74, 6) is 0.660. The number of nitrogens with zero attached hydrogens (tertiary/aromatic N) is 2. The quantitative estimate of drug-likeness (QED) is 0.792. The molecule has 7 nitrogen and oxygen atoms in total. The van der Waals surface area contributed by atoms with Crippen LogP contribution in [0.15, 0.2) is 51.5 Å². The molecule has 1 aromatic carbocycles. The number of hydrogen-bond donors (Lipinski definition) is 1. The van der Waals surface area contributed by atoms with Crippen molar-refractivity contribution >= 4 is 11.9 Å². The molecule has 106 valence electrons. The largest absolute Gasteiger partial charge is 0.497 e. The average molecular weight is 285 g/mol. The second-order valence-corrected chi connectivity index (χ2v) is 4.08. The summed E-state index contributed by atoms with van der Waals surface area (Å²) in [6, 6.07) is 10.3. The highest BCUT2D eigenvalue weighted by atomic mass is 16.5. The third kappa shape index (κ3) is 2.76. The van der Waals surface area contributed by atoms with Crippen LogP contribution in [0.2, 0.25) is 0 Å². The second kappa shape index (κ2) is 5.49. The van der Waals surface area contributed by atoms with Crippen LogP contribution in [-0.4, -0.2) is 23.2 Å². The summed E-state index contributed by atoms with van der Waals surface area (Å²) in [6.07, 6.45) is 1.41. The van der Waals surface area contributed by atoms with E-state index in [9.17, 15) is 4.79 Å². The molecular weight excluding hydrogens is 274 g/mol. The summed E-state index contributed by atoms with van der Waals surface area (Å²) in [6.45, 7) is 0. The first-order valence-electron chi connectivity index (χ1n) is 6.09. The normalized spacial score (nSPS) is 10.3. The molecule has 0 spiro atoms. The fraction of sp³-hybridized carbons (Fsp3) is 0.0714. The Morgan fingerprint density at radius 1 is 1.24 bits per heavy atom. The van der Waals surface area contributed by atoms with Crippen LogP contribution in [0, 0.1) is 0 Å². The Morgan fingerprint density at radius 2 is 2.14 bits per heavy atom. The third-order valence-electron chi connectivity index (χ3n) is 2.71. The first-order valence-corrected chi connectivity index (χ1v) is 6.09. The maximum Gasteiger partial charge on any atom is 0.322 e. The Morgan fingerprint density at radius 3 is 2.90 bits per heavy atom. The number of methoxy groups -OCH3 is 1. The fourth-order valence-electron chi connectivity index (χ4n) is 1.71. The molecule has 0 radical (unpaired) electrons. The summed E-state index contributed by atoms with van der Waals surface area (Å²) >= 11 is 0. The van der Waals surface area contributed by atoms with E-state index in [4.69, 9.17) is 13.6 Å². The van der Waals surface area contributed by atoms with Crippen LogP contribution in [0.25, 0.3) is 11.5 Å². The Kier molecular flexibility index (Phi) is 3.38. The predicted molar refractivity (Wildman–Crippen MR) is 72.9 cm³/mol. The number of hydrogen-bond acceptors (Lipinski definition) is 6. The van der Waals surface area contributed by atoms with Gasteiger partial charge in [0.05, 0.1) is 13.4 Å². The van der Waals surface area contributed by atoms with E-state index in [0.717, 1.165) is 0 Å². The number of ether oxygens (including phenoxy) is 1. The zero-order chi connectivity index (χ0) is 14.7. The van der Waals surface area contributed by atoms with Gasteiger partial charge in [-0.2, -0.15) is 0 Å². The summed E-state index contributed by atoms with van der Waals surface area (Å²) in [7, 11) is 1.57. The Balaban J connectivity index is 1.78. The minimum Gasteiger partial charge on any atom is -0.497 e. The standard InChI is InChI=1S/C14H11N3O4/c1-19-10-5-2-4-9(8-10)13-16-17-14(21-13)15-12(18)11-6-3-7-20-11/h2-8H,1H3,(H,15,17,18). The summed E-state index contributed by atoms with van der Waals surface area (Å²) in [5.41, 5.74) is 0.695. The van der Waals surface area contributed by atoms with E-state index in [-0.39, 0.29) is 17.7 Å². The molecule has 21 heavy (non-hydrogen) atoms. The van der Waals surface area contributed by atoms with Crippen molar-refractivity contribution in [3.8, 4) is 17.2 Å². The molecule has 0 aliphatic carbocycles. The first kappa shape index (κ1) is 12.9. The minimum atomic E-state index is -0.458. The lowest BCUT2D eigenvalue weighted by molar-refractivity contribution is 0.0994. The second-order valence-electron chi connectivity index (χ2n) is 4.08. The van der Waals surface area contributed by atoms with E-state index in [1.54, 1.807) is 37.4 Å². The molecule has 3 rings (SSSR count). The highest BCUT2D eigenvalue weighted by Crippen LogP contribution is 2.23. The van der Waals surface area contributed by atoms with Crippen molar-refractivity contribution in [2.75, 3.05) is 12.4 Å². The van der Waals surface area contributed by atoms with E-state index in [2.05, 4.69) is 15.5 Å². The summed E-state index contributed by atoms with van der Waals surface area (Å²) < 4.78 is 15.5. The lowest BCUT2D eigenvalue weighted by atomic mass is 10.2. The first-order chi connectivity index (χ1) is 10.3. The predicted octanol–water partition coefficient (Wildman–Crippen LogP) is 2.59. The van der Waals surface area contributed by atoms with Gasteiger partial charge in [-0.25, -0.2) is 0 Å². The molecule has 7 heteroatoms. The van der Waals surface area contributed by atoms with Gasteiger partial charge in [-0.05, 0) is 30.3 Å². The number of carbonyl (C=O) groups excluding carboxylic acids is 1. The highest BCUT2D eigenvalue weighted by Gasteiger charge is 2.14. The van der Waals surface area contributed by atoms with Gasteiger partial charge in [0.1, 0.15) is 5.75 Å². The molecule has 0 aliphatic heterocycles. The summed E-state index contributed by atoms with van der Waals surface area (Å²) in [5, 5.41) is 10.1. The molecule has 0 saturated carbocycles. The smallest absolute Gasteiger partial charge is 0.322 e. The molecule has 0 unspecified atom stereocenters. The number of benzene rings is 1. The monoisotopic (exact) mass is 285 g/mol. The van der Waals surface area contributed by atoms with Crippen LogP contribution < -0.4 is 10.1 Å². The number of amides is 1. The van der Waals surface area contributed by atoms with Crippen molar-refractivity contribution in [2.24, 2.45) is 0 Å². The Labute approximate surface area is 119 Å². The van der Waals surface area contributed by atoms with Gasteiger partial charge in [-0.15, -0.1) is 5.10 Å². The molecule has 0 fully saturated rings. The average Bonchev–Trinajstić information content (AvgIpc) is 3.18. The molecule has 0 atom stereocenters. The minimum absolute atomic E-state index is 0.00535. The number of anilines is 1. The topological polar surface area (TPSA) is 90.4 Å². The molecule has 0 aliphatic rings. The molecule has 1 N–H and O–H groups in total. The molecule has 0 saturated heterocycles. The van der Waals surface area contributed by atoms with Gasteiger partial charge < -0.3 is 13.6 Å². The molecular formula is C14H11N3O4. The van der Waals surface area contributed by atoms with Crippen LogP contribution in [0.3, 0.4) is 0 Å². The van der Waals surface area contributed by atoms with Crippen LogP contribution in [0.1, 0.15) is 10.6 Å². The van der Waals surface area contributed by atoms with Gasteiger partial charge in [0.15, 0.2) is 5.76 Å². The molecule has 1 amide bonds. The fourth-order valence-corrected chi connectivity index (χ4v) is 1.71. The van der Waals surface area contributed by atoms with Crippen molar-refractivity contribution in [2.45, 2.75) is 0 Å². The van der Waals surface area contributed by atoms with Crippen LogP contribution in [-0.2, 0) is 0 Å². The zero-order valence-electron chi connectivity index (χ0n) is 11.1. The van der Waals surface area contributed by atoms with Crippen molar-refractivity contribution in [3.05, 3.63) is 48.4 Å². The van der Waals surface area contributed by atoms with Crippen molar-refractivity contribution < 1.29 is 18.4 Å². The Bertz CT molecular complexity index is 749. The van der Waals surface area contributed by atoms with Crippen LogP contribution in [0.5, 0.6) is 5.75 Å². The van der Waals surface area contributed by atoms with E-state index in [0.29, 0.717) is 11.3 Å². The van der Waals surface area contributed by atoms with E-state index in [1.165, 1.54) is 12.3 Å². The van der Waals surface area contributed by atoms with Gasteiger partial charge in [-0.3, -0.25) is 10.1 Å². The number of nitrogens with one attached hydrogen (secondary N) is 1. The van der Waals surface area contributed by atoms with E-state index in [1.807, 2.05) is 0 Å². The highest BCUT2D eigenvalue weighted by molar-refractivity contribution is 6.00. The van der Waals surface area contributed by atoms with Crippen LogP contribution >= 0.6 is 0 Å². The maximum absolute atomic E-state index is 11.8. The number of furan rings is 1. The third-order valence-corrected chi connectivity index (χ3v) is 2.71. The van der Waals surface area contributed by atoms with Crippen molar-refractivity contribution in [3.63, 3.8) is 0 Å². The number of rotatable bonds is 4. The Hall–Kier alpha value is -3.09. The molecule has 2 aromatic heterocycles. The molecule has 3 aromatic rings.